The number of rotatable bonds is 5. The van der Waals surface area contributed by atoms with Crippen LogP contribution in [-0.2, 0) is 11.2 Å². The maximum Gasteiger partial charge on any atom is 0.224 e. The molecule has 0 aromatic heterocycles. The van der Waals surface area contributed by atoms with Crippen molar-refractivity contribution in [1.29, 1.82) is 0 Å². The lowest BCUT2D eigenvalue weighted by Crippen LogP contribution is -2.25. The van der Waals surface area contributed by atoms with Crippen LogP contribution < -0.4 is 5.32 Å². The molecular weight excluding hydrogens is 222 g/mol. The van der Waals surface area contributed by atoms with Crippen LogP contribution in [0.4, 0.5) is 0 Å². The van der Waals surface area contributed by atoms with E-state index in [2.05, 4.69) is 11.2 Å². The predicted octanol–water partition coefficient (Wildman–Crippen LogP) is 2.41. The van der Waals surface area contributed by atoms with Crippen LogP contribution in [0.5, 0.6) is 0 Å². The third-order valence-electron chi connectivity index (χ3n) is 2.07. The molecule has 0 heterocycles. The molecule has 1 rings (SSSR count). The first-order valence-electron chi connectivity index (χ1n) is 5.17. The van der Waals surface area contributed by atoms with Crippen LogP contribution in [0.1, 0.15) is 18.4 Å². The fourth-order valence-electron chi connectivity index (χ4n) is 1.31. The Morgan fingerprint density at radius 2 is 2.31 bits per heavy atom. The minimum absolute atomic E-state index is 0.000659. The quantitative estimate of drug-likeness (QED) is 0.616. The van der Waals surface area contributed by atoms with Gasteiger partial charge in [0.2, 0.25) is 5.91 Å². The van der Waals surface area contributed by atoms with Crippen molar-refractivity contribution in [2.75, 3.05) is 6.54 Å². The molecule has 0 aliphatic heterocycles. The smallest absolute Gasteiger partial charge is 0.224 e. The molecule has 84 valence electrons. The monoisotopic (exact) mass is 235 g/mol. The number of unbranched alkanes of at least 4 members (excludes halogenated alkanes) is 1. The summed E-state index contributed by atoms with van der Waals surface area (Å²) < 4.78 is 0. The van der Waals surface area contributed by atoms with Crippen LogP contribution in [0.3, 0.4) is 0 Å². The van der Waals surface area contributed by atoms with Gasteiger partial charge in [-0.25, -0.2) is 0 Å². The van der Waals surface area contributed by atoms with E-state index in [1.807, 2.05) is 12.1 Å². The SMILES string of the molecule is C#CCCCNC(=O)Cc1cccc(Cl)c1. The van der Waals surface area contributed by atoms with Crippen LogP contribution in [-0.4, -0.2) is 12.5 Å². The highest BCUT2D eigenvalue weighted by molar-refractivity contribution is 6.30. The molecule has 0 fully saturated rings. The molecule has 1 aromatic rings. The summed E-state index contributed by atoms with van der Waals surface area (Å²) in [5, 5.41) is 3.46. The van der Waals surface area contributed by atoms with E-state index in [1.54, 1.807) is 12.1 Å². The van der Waals surface area contributed by atoms with Gasteiger partial charge in [0.1, 0.15) is 0 Å². The zero-order chi connectivity index (χ0) is 11.8. The molecule has 1 aromatic carbocycles. The first-order chi connectivity index (χ1) is 7.72. The van der Waals surface area contributed by atoms with Crippen molar-refractivity contribution in [1.82, 2.24) is 5.32 Å². The van der Waals surface area contributed by atoms with Gasteiger partial charge in [-0.3, -0.25) is 4.79 Å². The number of carbonyl (C=O) groups is 1. The molecule has 0 saturated carbocycles. The lowest BCUT2D eigenvalue weighted by Gasteiger charge is -2.04. The molecule has 1 amide bonds. The van der Waals surface area contributed by atoms with Crippen molar-refractivity contribution >= 4 is 17.5 Å². The zero-order valence-corrected chi connectivity index (χ0v) is 9.76. The van der Waals surface area contributed by atoms with Gasteiger partial charge in [-0.15, -0.1) is 12.3 Å². The Morgan fingerprint density at radius 1 is 1.50 bits per heavy atom. The number of hydrogen-bond donors (Lipinski definition) is 1. The van der Waals surface area contributed by atoms with Crippen LogP contribution >= 0.6 is 11.6 Å². The van der Waals surface area contributed by atoms with Crippen LogP contribution in [0.2, 0.25) is 5.02 Å². The first kappa shape index (κ1) is 12.6. The Morgan fingerprint density at radius 3 is 3.00 bits per heavy atom. The first-order valence-corrected chi connectivity index (χ1v) is 5.55. The molecular formula is C13H14ClNO. The minimum atomic E-state index is -0.000659. The molecule has 16 heavy (non-hydrogen) atoms. The third kappa shape index (κ3) is 4.86. The molecule has 0 bridgehead atoms. The van der Waals surface area contributed by atoms with Gasteiger partial charge in [0.25, 0.3) is 0 Å². The fraction of sp³-hybridized carbons (Fsp3) is 0.308. The second-order valence-electron chi connectivity index (χ2n) is 3.46. The number of hydrogen-bond acceptors (Lipinski definition) is 1. The van der Waals surface area contributed by atoms with Crippen LogP contribution in [0, 0.1) is 12.3 Å². The lowest BCUT2D eigenvalue weighted by atomic mass is 10.1. The summed E-state index contributed by atoms with van der Waals surface area (Å²) in [5.74, 6) is 2.53. The number of nitrogens with one attached hydrogen (secondary N) is 1. The van der Waals surface area contributed by atoms with Crippen molar-refractivity contribution in [2.45, 2.75) is 19.3 Å². The highest BCUT2D eigenvalue weighted by atomic mass is 35.5. The summed E-state index contributed by atoms with van der Waals surface area (Å²) in [7, 11) is 0. The molecule has 0 unspecified atom stereocenters. The van der Waals surface area contributed by atoms with Crippen molar-refractivity contribution in [3.8, 4) is 12.3 Å². The normalized spacial score (nSPS) is 9.50. The van der Waals surface area contributed by atoms with Crippen molar-refractivity contribution < 1.29 is 4.79 Å². The van der Waals surface area contributed by atoms with Crippen LogP contribution in [0.15, 0.2) is 24.3 Å². The predicted molar refractivity (Wildman–Crippen MR) is 66.2 cm³/mol. The number of amides is 1. The van der Waals surface area contributed by atoms with Crippen molar-refractivity contribution in [3.05, 3.63) is 34.9 Å². The third-order valence-corrected chi connectivity index (χ3v) is 2.31. The molecule has 1 N–H and O–H groups in total. The van der Waals surface area contributed by atoms with E-state index in [9.17, 15) is 4.79 Å². The summed E-state index contributed by atoms with van der Waals surface area (Å²) in [5.41, 5.74) is 0.918. The number of halogens is 1. The Balaban J connectivity index is 2.32. The Labute approximate surface area is 101 Å². The van der Waals surface area contributed by atoms with E-state index in [-0.39, 0.29) is 5.91 Å². The summed E-state index contributed by atoms with van der Waals surface area (Å²) in [6.07, 6.45) is 6.98. The van der Waals surface area contributed by atoms with Crippen molar-refractivity contribution in [3.63, 3.8) is 0 Å². The van der Waals surface area contributed by atoms with Gasteiger partial charge >= 0.3 is 0 Å². The highest BCUT2D eigenvalue weighted by Gasteiger charge is 2.02. The Hall–Kier alpha value is -1.46. The van der Waals surface area contributed by atoms with Crippen molar-refractivity contribution in [2.24, 2.45) is 0 Å². The topological polar surface area (TPSA) is 29.1 Å². The Bertz CT molecular complexity index is 395. The second-order valence-corrected chi connectivity index (χ2v) is 3.90. The molecule has 2 nitrogen and oxygen atoms in total. The van der Waals surface area contributed by atoms with Gasteiger partial charge in [0.05, 0.1) is 6.42 Å². The van der Waals surface area contributed by atoms with Gasteiger partial charge < -0.3 is 5.32 Å². The summed E-state index contributed by atoms with van der Waals surface area (Å²) >= 11 is 5.82. The van der Waals surface area contributed by atoms with Gasteiger partial charge in [0, 0.05) is 18.0 Å². The summed E-state index contributed by atoms with van der Waals surface area (Å²) in [6.45, 7) is 0.629. The van der Waals surface area contributed by atoms with Gasteiger partial charge in [0.15, 0.2) is 0 Å². The maximum atomic E-state index is 11.5. The molecule has 0 saturated heterocycles. The van der Waals surface area contributed by atoms with Gasteiger partial charge in [-0.2, -0.15) is 0 Å². The molecule has 0 aliphatic rings. The van der Waals surface area contributed by atoms with Gasteiger partial charge in [-0.05, 0) is 24.1 Å². The molecule has 0 atom stereocenters. The van der Waals surface area contributed by atoms with E-state index in [0.717, 1.165) is 12.0 Å². The maximum absolute atomic E-state index is 11.5. The van der Waals surface area contributed by atoms with E-state index in [0.29, 0.717) is 24.4 Å². The van der Waals surface area contributed by atoms with E-state index in [1.165, 1.54) is 0 Å². The van der Waals surface area contributed by atoms with E-state index < -0.39 is 0 Å². The Kier molecular flexibility index (Phi) is 5.45. The molecule has 0 radical (unpaired) electrons. The summed E-state index contributed by atoms with van der Waals surface area (Å²) in [6, 6.07) is 7.30. The van der Waals surface area contributed by atoms with Crippen LogP contribution in [0.25, 0.3) is 0 Å². The van der Waals surface area contributed by atoms with E-state index in [4.69, 9.17) is 18.0 Å². The lowest BCUT2D eigenvalue weighted by molar-refractivity contribution is -0.120. The van der Waals surface area contributed by atoms with E-state index >= 15 is 0 Å². The summed E-state index contributed by atoms with van der Waals surface area (Å²) in [4.78, 5) is 11.5. The molecule has 3 heteroatoms. The number of carbonyl (C=O) groups excluding carboxylic acids is 1. The second kappa shape index (κ2) is 6.92. The largest absolute Gasteiger partial charge is 0.356 e. The molecule has 0 aliphatic carbocycles. The minimum Gasteiger partial charge on any atom is -0.356 e. The highest BCUT2D eigenvalue weighted by Crippen LogP contribution is 2.10. The standard InChI is InChI=1S/C13H14ClNO/c1-2-3-4-8-15-13(16)10-11-6-5-7-12(14)9-11/h1,5-7,9H,3-4,8,10H2,(H,15,16). The zero-order valence-electron chi connectivity index (χ0n) is 9.00. The molecule has 0 spiro atoms. The fourth-order valence-corrected chi connectivity index (χ4v) is 1.53. The number of terminal acetylenes is 1. The average molecular weight is 236 g/mol. The average Bonchev–Trinajstić information content (AvgIpc) is 2.24. The number of benzene rings is 1. The van der Waals surface area contributed by atoms with Gasteiger partial charge in [-0.1, -0.05) is 23.7 Å².